The van der Waals surface area contributed by atoms with Gasteiger partial charge in [0, 0.05) is 0 Å². The van der Waals surface area contributed by atoms with Crippen LogP contribution < -0.4 is 0 Å². The molecule has 4 rings (SSSR count). The predicted octanol–water partition coefficient (Wildman–Crippen LogP) is 3.18. The van der Waals surface area contributed by atoms with E-state index in [4.69, 9.17) is 9.47 Å². The van der Waals surface area contributed by atoms with E-state index in [2.05, 4.69) is 12.1 Å². The van der Waals surface area contributed by atoms with Gasteiger partial charge < -0.3 is 9.47 Å². The number of benzene rings is 2. The second kappa shape index (κ2) is 5.67. The monoisotopic (exact) mass is 294 g/mol. The molecule has 0 saturated carbocycles. The molecule has 0 N–H and O–H groups in total. The molecule has 2 aromatic rings. The van der Waals surface area contributed by atoms with Crippen LogP contribution in [0.4, 0.5) is 0 Å². The first kappa shape index (κ1) is 13.7. The van der Waals surface area contributed by atoms with E-state index in [1.807, 2.05) is 36.4 Å². The molecule has 2 heterocycles. The van der Waals surface area contributed by atoms with Crippen LogP contribution in [0.5, 0.6) is 0 Å². The predicted molar refractivity (Wildman–Crippen MR) is 82.7 cm³/mol. The highest BCUT2D eigenvalue weighted by Crippen LogP contribution is 2.36. The van der Waals surface area contributed by atoms with Crippen molar-refractivity contribution in [3.63, 3.8) is 0 Å². The molecule has 2 aliphatic heterocycles. The van der Waals surface area contributed by atoms with E-state index in [1.54, 1.807) is 0 Å². The molecule has 0 radical (unpaired) electrons. The lowest BCUT2D eigenvalue weighted by Crippen LogP contribution is -2.31. The van der Waals surface area contributed by atoms with Crippen LogP contribution in [0, 0.1) is 0 Å². The highest BCUT2D eigenvalue weighted by atomic mass is 16.5. The van der Waals surface area contributed by atoms with Gasteiger partial charge in [-0.25, -0.2) is 0 Å². The second-order valence-corrected chi connectivity index (χ2v) is 5.80. The summed E-state index contributed by atoms with van der Waals surface area (Å²) in [6.45, 7) is 1.17. The Bertz CT molecular complexity index is 648. The summed E-state index contributed by atoms with van der Waals surface area (Å²) in [7, 11) is 0. The zero-order chi connectivity index (χ0) is 14.9. The van der Waals surface area contributed by atoms with Crippen LogP contribution in [0.1, 0.15) is 34.5 Å². The fraction of sp³-hybridized carbons (Fsp3) is 0.316. The summed E-state index contributed by atoms with van der Waals surface area (Å²) in [5.74, 6) is 0.0132. The first-order valence-electron chi connectivity index (χ1n) is 7.77. The van der Waals surface area contributed by atoms with E-state index < -0.39 is 12.2 Å². The minimum absolute atomic E-state index is 0.0132. The van der Waals surface area contributed by atoms with E-state index in [9.17, 15) is 4.79 Å². The lowest BCUT2D eigenvalue weighted by atomic mass is 9.88. The largest absolute Gasteiger partial charge is 0.365 e. The molecule has 0 amide bonds. The Hall–Kier alpha value is -1.97. The third-order valence-electron chi connectivity index (χ3n) is 4.50. The van der Waals surface area contributed by atoms with Gasteiger partial charge in [-0.2, -0.15) is 0 Å². The Morgan fingerprint density at radius 2 is 1.23 bits per heavy atom. The number of hydrogen-bond donors (Lipinski definition) is 0. The minimum atomic E-state index is -0.513. The maximum Gasteiger partial charge on any atom is 0.199 e. The first-order valence-corrected chi connectivity index (χ1v) is 7.77. The summed E-state index contributed by atoms with van der Waals surface area (Å²) < 4.78 is 11.6. The van der Waals surface area contributed by atoms with E-state index >= 15 is 0 Å². The first-order chi connectivity index (χ1) is 10.8. The SMILES string of the molecule is O=C(C1OCCc2ccccc21)C1OCCc2ccccc21. The quantitative estimate of drug-likeness (QED) is 0.853. The molecule has 3 heteroatoms. The molecule has 0 saturated heterocycles. The molecule has 0 bridgehead atoms. The van der Waals surface area contributed by atoms with Crippen LogP contribution in [-0.4, -0.2) is 19.0 Å². The maximum absolute atomic E-state index is 13.0. The number of hydrogen-bond acceptors (Lipinski definition) is 3. The van der Waals surface area contributed by atoms with Gasteiger partial charge in [0.2, 0.25) is 0 Å². The van der Waals surface area contributed by atoms with E-state index in [0.29, 0.717) is 13.2 Å². The molecule has 0 aromatic heterocycles. The molecular weight excluding hydrogens is 276 g/mol. The van der Waals surface area contributed by atoms with E-state index in [1.165, 1.54) is 11.1 Å². The Morgan fingerprint density at radius 3 is 1.73 bits per heavy atom. The van der Waals surface area contributed by atoms with Crippen molar-refractivity contribution in [1.29, 1.82) is 0 Å². The topological polar surface area (TPSA) is 35.5 Å². The Morgan fingerprint density at radius 1 is 0.773 bits per heavy atom. The summed E-state index contributed by atoms with van der Waals surface area (Å²) in [5.41, 5.74) is 4.39. The third-order valence-corrected chi connectivity index (χ3v) is 4.50. The Balaban J connectivity index is 1.69. The molecular formula is C19H18O3. The number of carbonyl (C=O) groups excluding carboxylic acids is 1. The molecule has 22 heavy (non-hydrogen) atoms. The van der Waals surface area contributed by atoms with Crippen LogP contribution in [0.15, 0.2) is 48.5 Å². The van der Waals surface area contributed by atoms with Crippen molar-refractivity contribution in [2.75, 3.05) is 13.2 Å². The number of ketones is 1. The van der Waals surface area contributed by atoms with Gasteiger partial charge in [-0.05, 0) is 35.1 Å². The summed E-state index contributed by atoms with van der Waals surface area (Å²) in [4.78, 5) is 13.0. The fourth-order valence-electron chi connectivity index (χ4n) is 3.40. The van der Waals surface area contributed by atoms with Crippen LogP contribution >= 0.6 is 0 Å². The zero-order valence-electron chi connectivity index (χ0n) is 12.3. The Kier molecular flexibility index (Phi) is 3.53. The van der Waals surface area contributed by atoms with E-state index in [-0.39, 0.29) is 5.78 Å². The molecule has 2 aromatic carbocycles. The molecule has 2 atom stereocenters. The number of carbonyl (C=O) groups is 1. The molecule has 0 fully saturated rings. The average Bonchev–Trinajstić information content (AvgIpc) is 2.60. The van der Waals surface area contributed by atoms with E-state index in [0.717, 1.165) is 24.0 Å². The molecule has 3 nitrogen and oxygen atoms in total. The summed E-state index contributed by atoms with van der Waals surface area (Å²) in [6.07, 6.45) is 0.701. The van der Waals surface area contributed by atoms with Crippen LogP contribution in [0.3, 0.4) is 0 Å². The van der Waals surface area contributed by atoms with Crippen molar-refractivity contribution < 1.29 is 14.3 Å². The van der Waals surface area contributed by atoms with Crippen LogP contribution in [-0.2, 0) is 27.1 Å². The second-order valence-electron chi connectivity index (χ2n) is 5.80. The lowest BCUT2D eigenvalue weighted by molar-refractivity contribution is -0.145. The number of ether oxygens (including phenoxy) is 2. The Labute approximate surface area is 129 Å². The van der Waals surface area contributed by atoms with Gasteiger partial charge in [0.05, 0.1) is 13.2 Å². The summed E-state index contributed by atoms with van der Waals surface area (Å²) in [6, 6.07) is 16.1. The van der Waals surface area contributed by atoms with Crippen molar-refractivity contribution in [2.45, 2.75) is 25.0 Å². The van der Waals surface area contributed by atoms with Gasteiger partial charge >= 0.3 is 0 Å². The van der Waals surface area contributed by atoms with Gasteiger partial charge in [0.1, 0.15) is 12.2 Å². The standard InChI is InChI=1S/C19H18O3/c20-17(18-15-7-3-1-5-13(15)9-11-21-18)19-16-8-4-2-6-14(16)10-12-22-19/h1-8,18-19H,9-12H2. The van der Waals surface area contributed by atoms with Crippen molar-refractivity contribution in [3.8, 4) is 0 Å². The van der Waals surface area contributed by atoms with Gasteiger partial charge in [-0.15, -0.1) is 0 Å². The third kappa shape index (κ3) is 2.27. The highest BCUT2D eigenvalue weighted by Gasteiger charge is 2.36. The van der Waals surface area contributed by atoms with Gasteiger partial charge in [-0.3, -0.25) is 4.79 Å². The average molecular weight is 294 g/mol. The van der Waals surface area contributed by atoms with Crippen LogP contribution in [0.25, 0.3) is 0 Å². The number of fused-ring (bicyclic) bond motifs is 2. The number of rotatable bonds is 2. The summed E-state index contributed by atoms with van der Waals surface area (Å²) >= 11 is 0. The van der Waals surface area contributed by atoms with Crippen molar-refractivity contribution in [2.24, 2.45) is 0 Å². The van der Waals surface area contributed by atoms with Gasteiger partial charge in [0.15, 0.2) is 5.78 Å². The molecule has 2 unspecified atom stereocenters. The normalized spacial score (nSPS) is 23.5. The molecule has 0 spiro atoms. The van der Waals surface area contributed by atoms with Crippen molar-refractivity contribution in [1.82, 2.24) is 0 Å². The number of Topliss-reactive ketones (excluding diaryl/α,β-unsaturated/α-hetero) is 1. The molecule has 112 valence electrons. The maximum atomic E-state index is 13.0. The minimum Gasteiger partial charge on any atom is -0.365 e. The van der Waals surface area contributed by atoms with Crippen molar-refractivity contribution in [3.05, 3.63) is 70.8 Å². The summed E-state index contributed by atoms with van der Waals surface area (Å²) in [5, 5.41) is 0. The lowest BCUT2D eigenvalue weighted by Gasteiger charge is -2.31. The van der Waals surface area contributed by atoms with Crippen LogP contribution in [0.2, 0.25) is 0 Å². The molecule has 0 aliphatic carbocycles. The van der Waals surface area contributed by atoms with Gasteiger partial charge in [0.25, 0.3) is 0 Å². The highest BCUT2D eigenvalue weighted by molar-refractivity contribution is 5.90. The smallest absolute Gasteiger partial charge is 0.199 e. The molecule has 2 aliphatic rings. The van der Waals surface area contributed by atoms with Crippen molar-refractivity contribution >= 4 is 5.78 Å². The van der Waals surface area contributed by atoms with Gasteiger partial charge in [-0.1, -0.05) is 48.5 Å². The zero-order valence-corrected chi connectivity index (χ0v) is 12.3. The fourth-order valence-corrected chi connectivity index (χ4v) is 3.40.